The van der Waals surface area contributed by atoms with Crippen LogP contribution in [0.25, 0.3) is 11.1 Å². The smallest absolute Gasteiger partial charge is 0.416 e. The second-order valence-corrected chi connectivity index (χ2v) is 10.7. The lowest BCUT2D eigenvalue weighted by Gasteiger charge is -2.36. The molecule has 0 aromatic heterocycles. The lowest BCUT2D eigenvalue weighted by molar-refractivity contribution is -0.139. The number of carboxylic acids is 1. The summed E-state index contributed by atoms with van der Waals surface area (Å²) >= 11 is 0. The number of carbonyl (C=O) groups is 1. The number of halogens is 5. The van der Waals surface area contributed by atoms with E-state index in [4.69, 9.17) is 4.74 Å². The van der Waals surface area contributed by atoms with Crippen LogP contribution in [0.1, 0.15) is 12.0 Å². The van der Waals surface area contributed by atoms with E-state index in [1.165, 1.54) is 18.2 Å². The maximum Gasteiger partial charge on any atom is 0.416 e. The molecule has 0 amide bonds. The third-order valence-corrected chi connectivity index (χ3v) is 8.25. The molecule has 194 valence electrons. The highest BCUT2D eigenvalue weighted by molar-refractivity contribution is 7.92. The molecular weight excluding hydrogens is 521 g/mol. The Morgan fingerprint density at radius 3 is 2.46 bits per heavy atom. The maximum atomic E-state index is 14.4. The normalized spacial score (nSPS) is 21.2. The zero-order valence-electron chi connectivity index (χ0n) is 18.7. The number of ether oxygens (including phenoxy) is 1. The van der Waals surface area contributed by atoms with Gasteiger partial charge in [-0.1, -0.05) is 12.1 Å². The van der Waals surface area contributed by atoms with Crippen LogP contribution in [0.3, 0.4) is 0 Å². The summed E-state index contributed by atoms with van der Waals surface area (Å²) in [6.45, 7) is -0.380. The molecule has 0 radical (unpaired) electrons. The van der Waals surface area contributed by atoms with Crippen LogP contribution in [-0.4, -0.2) is 32.1 Å². The van der Waals surface area contributed by atoms with Crippen molar-refractivity contribution in [3.8, 4) is 16.9 Å². The second kappa shape index (κ2) is 8.72. The number of nitrogens with zero attached hydrogens (tertiary/aromatic N) is 1. The van der Waals surface area contributed by atoms with Crippen molar-refractivity contribution in [2.45, 2.75) is 23.6 Å². The van der Waals surface area contributed by atoms with Crippen molar-refractivity contribution in [2.75, 3.05) is 10.8 Å². The molecule has 2 unspecified atom stereocenters. The first kappa shape index (κ1) is 25.0. The molecule has 5 rings (SSSR count). The molecule has 1 aliphatic carbocycles. The molecule has 37 heavy (non-hydrogen) atoms. The predicted molar refractivity (Wildman–Crippen MR) is 121 cm³/mol. The molecule has 3 aromatic carbocycles. The molecule has 12 heteroatoms. The van der Waals surface area contributed by atoms with Crippen LogP contribution in [0, 0.1) is 23.5 Å². The van der Waals surface area contributed by atoms with E-state index in [9.17, 15) is 40.3 Å². The summed E-state index contributed by atoms with van der Waals surface area (Å²) in [5, 5.41) is 9.31. The van der Waals surface area contributed by atoms with Gasteiger partial charge in [0.15, 0.2) is 0 Å². The lowest BCUT2D eigenvalue weighted by atomic mass is 10.0. The average molecular weight is 539 g/mol. The highest BCUT2D eigenvalue weighted by atomic mass is 32.2. The van der Waals surface area contributed by atoms with E-state index in [2.05, 4.69) is 0 Å². The number of hydrogen-bond acceptors (Lipinski definition) is 4. The van der Waals surface area contributed by atoms with Crippen LogP contribution in [0.15, 0.2) is 65.6 Å². The number of anilines is 1. The average Bonchev–Trinajstić information content (AvgIpc) is 3.65. The van der Waals surface area contributed by atoms with Crippen LogP contribution in [0.5, 0.6) is 5.75 Å². The number of fused-ring (bicyclic) bond motifs is 1. The minimum atomic E-state index is -4.79. The first-order valence-corrected chi connectivity index (χ1v) is 12.5. The first-order chi connectivity index (χ1) is 17.4. The number of alkyl halides is 3. The van der Waals surface area contributed by atoms with Crippen LogP contribution < -0.4 is 9.04 Å². The number of benzene rings is 3. The molecule has 0 bridgehead atoms. The zero-order chi connectivity index (χ0) is 26.7. The summed E-state index contributed by atoms with van der Waals surface area (Å²) in [4.78, 5) is 10.8. The van der Waals surface area contributed by atoms with E-state index in [0.717, 1.165) is 40.7 Å². The van der Waals surface area contributed by atoms with Crippen molar-refractivity contribution >= 4 is 21.7 Å². The molecule has 3 atom stereocenters. The molecule has 1 fully saturated rings. The van der Waals surface area contributed by atoms with E-state index in [0.29, 0.717) is 6.07 Å². The number of rotatable bonds is 5. The highest BCUT2D eigenvalue weighted by Crippen LogP contribution is 2.48. The van der Waals surface area contributed by atoms with E-state index >= 15 is 0 Å². The van der Waals surface area contributed by atoms with Crippen molar-refractivity contribution in [3.63, 3.8) is 0 Å². The van der Waals surface area contributed by atoms with Gasteiger partial charge >= 0.3 is 12.1 Å². The topological polar surface area (TPSA) is 83.9 Å². The molecule has 1 heterocycles. The Hall–Kier alpha value is -3.67. The van der Waals surface area contributed by atoms with Crippen molar-refractivity contribution in [3.05, 3.63) is 77.9 Å². The molecule has 1 aliphatic heterocycles. The van der Waals surface area contributed by atoms with Gasteiger partial charge in [0, 0.05) is 11.5 Å². The van der Waals surface area contributed by atoms with Crippen LogP contribution in [0.4, 0.5) is 27.6 Å². The van der Waals surface area contributed by atoms with Crippen LogP contribution >= 0.6 is 0 Å². The van der Waals surface area contributed by atoms with E-state index in [-0.39, 0.29) is 35.5 Å². The Labute approximate surface area is 208 Å². The van der Waals surface area contributed by atoms with Crippen molar-refractivity contribution in [2.24, 2.45) is 11.8 Å². The van der Waals surface area contributed by atoms with E-state index < -0.39 is 62.2 Å². The molecule has 1 saturated carbocycles. The van der Waals surface area contributed by atoms with Gasteiger partial charge < -0.3 is 9.84 Å². The summed E-state index contributed by atoms with van der Waals surface area (Å²) in [5.41, 5.74) is -1.31. The van der Waals surface area contributed by atoms with E-state index in [1.807, 2.05) is 0 Å². The SMILES string of the molecule is O=C(O)C1CC1[C@H]1CN(S(=O)(=O)c2cccc(C(F)(F)F)c2)c2cc(-c3cc(F)ccc3F)ccc2O1. The molecule has 1 N–H and O–H groups in total. The van der Waals surface area contributed by atoms with Gasteiger partial charge in [0.1, 0.15) is 23.5 Å². The Morgan fingerprint density at radius 2 is 1.78 bits per heavy atom. The van der Waals surface area contributed by atoms with Crippen LogP contribution in [-0.2, 0) is 21.0 Å². The molecule has 0 saturated heterocycles. The molecule has 3 aromatic rings. The summed E-state index contributed by atoms with van der Waals surface area (Å²) in [6.07, 6.45) is -5.42. The van der Waals surface area contributed by atoms with Crippen LogP contribution in [0.2, 0.25) is 0 Å². The van der Waals surface area contributed by atoms with Gasteiger partial charge in [-0.15, -0.1) is 0 Å². The molecule has 2 aliphatic rings. The highest BCUT2D eigenvalue weighted by Gasteiger charge is 2.52. The quantitative estimate of drug-likeness (QED) is 0.444. The van der Waals surface area contributed by atoms with Gasteiger partial charge in [0.05, 0.1) is 28.6 Å². The van der Waals surface area contributed by atoms with Crippen molar-refractivity contribution in [1.82, 2.24) is 0 Å². The molecular formula is C25H18F5NO5S. The minimum Gasteiger partial charge on any atom is -0.486 e. The fourth-order valence-corrected chi connectivity index (χ4v) is 6.01. The van der Waals surface area contributed by atoms with Gasteiger partial charge in [-0.05, 0) is 60.5 Å². The number of aliphatic carboxylic acids is 1. The Morgan fingerprint density at radius 1 is 1.03 bits per heavy atom. The largest absolute Gasteiger partial charge is 0.486 e. The van der Waals surface area contributed by atoms with Gasteiger partial charge in [0.25, 0.3) is 10.0 Å². The van der Waals surface area contributed by atoms with Gasteiger partial charge in [-0.2, -0.15) is 13.2 Å². The Kier molecular flexibility index (Phi) is 5.89. The zero-order valence-corrected chi connectivity index (χ0v) is 19.6. The number of hydrogen-bond donors (Lipinski definition) is 1. The van der Waals surface area contributed by atoms with E-state index in [1.54, 1.807) is 0 Å². The summed E-state index contributed by atoms with van der Waals surface area (Å²) < 4.78 is 102. The predicted octanol–water partition coefficient (Wildman–Crippen LogP) is 5.33. The van der Waals surface area contributed by atoms with Gasteiger partial charge in [-0.3, -0.25) is 9.10 Å². The number of sulfonamides is 1. The number of carboxylic acid groups (broad SMARTS) is 1. The van der Waals surface area contributed by atoms with Gasteiger partial charge in [-0.25, -0.2) is 17.2 Å². The Bertz CT molecular complexity index is 1510. The summed E-state index contributed by atoms with van der Waals surface area (Å²) in [7, 11) is -4.61. The van der Waals surface area contributed by atoms with Crippen molar-refractivity contribution in [1.29, 1.82) is 0 Å². The fraction of sp³-hybridized carbons (Fsp3) is 0.240. The second-order valence-electron chi connectivity index (χ2n) is 8.87. The monoisotopic (exact) mass is 539 g/mol. The first-order valence-electron chi connectivity index (χ1n) is 11.0. The third-order valence-electron chi connectivity index (χ3n) is 6.48. The fourth-order valence-electron chi connectivity index (χ4n) is 4.48. The lowest BCUT2D eigenvalue weighted by Crippen LogP contribution is -2.45. The standard InChI is InChI=1S/C25H18F5NO5S/c26-15-5-6-20(27)17(10-15)13-4-7-22-21(8-13)31(12-23(36-22)18-11-19(18)24(32)33)37(34,35)16-3-1-2-14(9-16)25(28,29)30/h1-10,18-19,23H,11-12H2,(H,32,33)/t18?,19?,23-/m1/s1. The van der Waals surface area contributed by atoms with Crippen molar-refractivity contribution < 1.29 is 45.0 Å². The Balaban J connectivity index is 1.62. The minimum absolute atomic E-state index is 0.0170. The third kappa shape index (κ3) is 4.61. The molecule has 0 spiro atoms. The van der Waals surface area contributed by atoms with Gasteiger partial charge in [0.2, 0.25) is 0 Å². The maximum absolute atomic E-state index is 14.4. The molecule has 6 nitrogen and oxygen atoms in total. The summed E-state index contributed by atoms with van der Waals surface area (Å²) in [6, 6.07) is 9.96. The summed E-state index contributed by atoms with van der Waals surface area (Å²) in [5.74, 6) is -3.81.